The zero-order chi connectivity index (χ0) is 12.7. The molecule has 0 aromatic carbocycles. The van der Waals surface area contributed by atoms with Crippen LogP contribution in [-0.4, -0.2) is 14.7 Å². The molecule has 3 aliphatic rings. The summed E-state index contributed by atoms with van der Waals surface area (Å²) in [6, 6.07) is 3.98. The fourth-order valence-corrected chi connectivity index (χ4v) is 2.44. The van der Waals surface area contributed by atoms with Crippen molar-refractivity contribution in [3.63, 3.8) is 0 Å². The Balaban J connectivity index is 2.54. The minimum Gasteiger partial charge on any atom is -0.377 e. The van der Waals surface area contributed by atoms with Crippen LogP contribution in [0.15, 0.2) is 23.0 Å². The summed E-state index contributed by atoms with van der Waals surface area (Å²) in [7, 11) is 0. The number of aryl methyl sites for hydroxylation is 2. The normalized spacial score (nSPS) is 11.4. The topological polar surface area (TPSA) is 43.9 Å². The molecular weight excluding hydrogens is 246 g/mol. The van der Waals surface area contributed by atoms with Gasteiger partial charge in [0.05, 0.1) is 22.4 Å². The van der Waals surface area contributed by atoms with Crippen molar-refractivity contribution >= 4 is 12.2 Å². The average Bonchev–Trinajstić information content (AvgIpc) is 2.85. The lowest BCUT2D eigenvalue weighted by molar-refractivity contribution is 0.234. The number of rotatable bonds is 2. The fraction of sp³-hybridized carbons (Fsp3) is 0.308. The number of hydrogen-bond donors (Lipinski definition) is 0. The Morgan fingerprint density at radius 2 is 2.11 bits per heavy atom. The molecule has 0 atom stereocenters. The van der Waals surface area contributed by atoms with Gasteiger partial charge < -0.3 is 4.52 Å². The summed E-state index contributed by atoms with van der Waals surface area (Å²) in [5, 5.41) is 0.944. The zero-order valence-electron chi connectivity index (χ0n) is 10.3. The van der Waals surface area contributed by atoms with Gasteiger partial charge in [0.15, 0.2) is 5.42 Å². The van der Waals surface area contributed by atoms with Crippen LogP contribution in [0.25, 0.3) is 11.4 Å². The highest BCUT2D eigenvalue weighted by atomic mass is 32.1. The molecule has 0 bridgehead atoms. The molecule has 0 saturated heterocycles. The summed E-state index contributed by atoms with van der Waals surface area (Å²) in [5.41, 5.74) is 3.44. The number of nitrogens with zero attached hydrogens (tertiary/aromatic N) is 3. The molecule has 0 aromatic heterocycles. The molecular formula is C13H13N3OS. The maximum Gasteiger partial charge on any atom is 0.191 e. The number of hydrogen-bond acceptors (Lipinski definition) is 4. The van der Waals surface area contributed by atoms with Crippen LogP contribution in [0.4, 0.5) is 0 Å². The van der Waals surface area contributed by atoms with Crippen LogP contribution in [0.5, 0.6) is 0 Å². The van der Waals surface area contributed by atoms with Crippen molar-refractivity contribution in [3.8, 4) is 11.4 Å². The molecule has 2 heterocycles. The highest BCUT2D eigenvalue weighted by molar-refractivity contribution is 7.71. The number of aromatic nitrogens is 3. The molecule has 5 heteroatoms. The predicted molar refractivity (Wildman–Crippen MR) is 70.1 cm³/mol. The summed E-state index contributed by atoms with van der Waals surface area (Å²) in [6.45, 7) is 4.95. The Labute approximate surface area is 109 Å². The molecule has 2 aliphatic heterocycles. The van der Waals surface area contributed by atoms with Gasteiger partial charge in [-0.2, -0.15) is 0 Å². The first-order valence-corrected chi connectivity index (χ1v) is 6.42. The second-order valence-electron chi connectivity index (χ2n) is 4.13. The average molecular weight is 259 g/mol. The highest BCUT2D eigenvalue weighted by Gasteiger charge is 2.13. The van der Waals surface area contributed by atoms with Crippen molar-refractivity contribution in [1.29, 1.82) is 0 Å². The van der Waals surface area contributed by atoms with E-state index in [4.69, 9.17) is 16.7 Å². The van der Waals surface area contributed by atoms with Crippen LogP contribution in [0, 0.1) is 15.1 Å². The van der Waals surface area contributed by atoms with Crippen molar-refractivity contribution in [2.75, 3.05) is 0 Å². The fourth-order valence-electron chi connectivity index (χ4n) is 2.18. The molecule has 0 spiro atoms. The maximum atomic E-state index is 5.93. The summed E-state index contributed by atoms with van der Waals surface area (Å²) in [5.74, 6) is 0. The molecule has 3 rings (SSSR count). The van der Waals surface area contributed by atoms with Crippen LogP contribution in [-0.2, 0) is 13.0 Å². The van der Waals surface area contributed by atoms with Gasteiger partial charge in [-0.1, -0.05) is 19.1 Å². The smallest absolute Gasteiger partial charge is 0.191 e. The summed E-state index contributed by atoms with van der Waals surface area (Å²) in [6.07, 6.45) is 2.45. The first-order chi connectivity index (χ1) is 8.74. The maximum absolute atomic E-state index is 5.93. The molecule has 92 valence electrons. The van der Waals surface area contributed by atoms with Gasteiger partial charge in [0.1, 0.15) is 12.0 Å². The van der Waals surface area contributed by atoms with Gasteiger partial charge in [0, 0.05) is 5.22 Å². The third-order valence-electron chi connectivity index (χ3n) is 3.10. The Morgan fingerprint density at radius 3 is 2.83 bits per heavy atom. The van der Waals surface area contributed by atoms with Crippen molar-refractivity contribution in [2.45, 2.75) is 26.8 Å². The molecule has 0 radical (unpaired) electrons. The number of imidazole rings is 1. The summed E-state index contributed by atoms with van der Waals surface area (Å²) >= 11 is 5.40. The van der Waals surface area contributed by atoms with Crippen LogP contribution in [0.1, 0.15) is 19.5 Å². The van der Waals surface area contributed by atoms with Crippen molar-refractivity contribution in [3.05, 3.63) is 39.3 Å². The van der Waals surface area contributed by atoms with Crippen LogP contribution >= 0.6 is 12.2 Å². The van der Waals surface area contributed by atoms with E-state index in [1.165, 1.54) is 0 Å². The van der Waals surface area contributed by atoms with Crippen molar-refractivity contribution in [1.82, 2.24) is 14.7 Å². The molecule has 0 amide bonds. The lowest BCUT2D eigenvalue weighted by atomic mass is 10.1. The second-order valence-corrected chi connectivity index (χ2v) is 4.57. The predicted octanol–water partition coefficient (Wildman–Crippen LogP) is 3.01. The third-order valence-corrected chi connectivity index (χ3v) is 3.44. The monoisotopic (exact) mass is 259 g/mol. The van der Waals surface area contributed by atoms with E-state index in [2.05, 4.69) is 29.9 Å². The lowest BCUT2D eigenvalue weighted by Crippen LogP contribution is -2.05. The Morgan fingerprint density at radius 1 is 1.28 bits per heavy atom. The molecule has 0 saturated carbocycles. The molecule has 0 aromatic rings. The Kier molecular flexibility index (Phi) is 2.63. The lowest BCUT2D eigenvalue weighted by Gasteiger charge is -2.10. The van der Waals surface area contributed by atoms with Crippen LogP contribution < -0.4 is 0 Å². The number of fused-ring (bicyclic) bond motifs is 2. The highest BCUT2D eigenvalue weighted by Crippen LogP contribution is 2.21. The zero-order valence-corrected chi connectivity index (χ0v) is 11.1. The van der Waals surface area contributed by atoms with Crippen molar-refractivity contribution < 1.29 is 4.52 Å². The van der Waals surface area contributed by atoms with E-state index in [0.29, 0.717) is 0 Å². The van der Waals surface area contributed by atoms with E-state index >= 15 is 0 Å². The molecule has 18 heavy (non-hydrogen) atoms. The quantitative estimate of drug-likeness (QED) is 0.664. The molecule has 1 aliphatic carbocycles. The molecule has 0 fully saturated rings. The first kappa shape index (κ1) is 11.3. The molecule has 0 N–H and O–H groups in total. The van der Waals surface area contributed by atoms with Gasteiger partial charge in [0.25, 0.3) is 0 Å². The van der Waals surface area contributed by atoms with Crippen molar-refractivity contribution in [2.24, 2.45) is 0 Å². The standard InChI is InChI=1S/C13H13N3OS/c1-3-8-5-9-11(18)6-10-12(15-7-14-10)13(9)17-16(8)4-2/h5-7H,3-4H2,1-2H3. The Hall–Kier alpha value is -1.75. The SMILES string of the molecule is CCc1cc2c(=S)cc3ncnc-3c=2on1CC. The van der Waals surface area contributed by atoms with Gasteiger partial charge in [-0.15, -0.1) is 0 Å². The van der Waals surface area contributed by atoms with Gasteiger partial charge in [-0.3, -0.25) is 0 Å². The first-order valence-electron chi connectivity index (χ1n) is 6.02. The van der Waals surface area contributed by atoms with E-state index in [1.807, 2.05) is 10.8 Å². The second kappa shape index (κ2) is 4.17. The minimum absolute atomic E-state index is 0.731. The Bertz CT molecular complexity index is 789. The van der Waals surface area contributed by atoms with Gasteiger partial charge in [-0.25, -0.2) is 14.7 Å². The summed E-state index contributed by atoms with van der Waals surface area (Å²) < 4.78 is 8.58. The molecule has 4 nitrogen and oxygen atoms in total. The van der Waals surface area contributed by atoms with E-state index in [-0.39, 0.29) is 0 Å². The van der Waals surface area contributed by atoms with Crippen LogP contribution in [0.2, 0.25) is 0 Å². The summed E-state index contributed by atoms with van der Waals surface area (Å²) in [4.78, 5) is 8.44. The third kappa shape index (κ3) is 1.54. The van der Waals surface area contributed by atoms with Gasteiger partial charge >= 0.3 is 0 Å². The van der Waals surface area contributed by atoms with E-state index in [9.17, 15) is 0 Å². The van der Waals surface area contributed by atoms with E-state index in [0.717, 1.165) is 45.2 Å². The molecule has 0 unspecified atom stereocenters. The van der Waals surface area contributed by atoms with E-state index < -0.39 is 0 Å². The van der Waals surface area contributed by atoms with Crippen LogP contribution in [0.3, 0.4) is 0 Å². The van der Waals surface area contributed by atoms with Gasteiger partial charge in [-0.05, 0) is 25.5 Å². The largest absolute Gasteiger partial charge is 0.377 e. The minimum atomic E-state index is 0.731. The van der Waals surface area contributed by atoms with E-state index in [1.54, 1.807) is 6.33 Å². The van der Waals surface area contributed by atoms with Gasteiger partial charge in [0.2, 0.25) is 0 Å².